The van der Waals surface area contributed by atoms with Gasteiger partial charge in [-0.2, -0.15) is 0 Å². The van der Waals surface area contributed by atoms with Crippen LogP contribution in [0.4, 0.5) is 8.78 Å². The molecule has 2 aliphatic rings. The lowest BCUT2D eigenvalue weighted by Gasteiger charge is -2.50. The molecule has 1 aliphatic heterocycles. The van der Waals surface area contributed by atoms with E-state index in [0.717, 1.165) is 18.6 Å². The lowest BCUT2D eigenvalue weighted by atomic mass is 9.66. The molecule has 4 atom stereocenters. The second kappa shape index (κ2) is 8.34. The standard InChI is InChI=1S/C23H25ClF2O4S/c1-14(27)4-5-15-3-2-12-23(31(28,29)17-8-6-16(24)7-9-17)18(15)13-30-22-20(26)11-10-19(25)21(22)23/h6-11,14-15,18,27H,2-5,12-13H2,1H3/t14?,15-,18-,23-/m0/s1. The summed E-state index contributed by atoms with van der Waals surface area (Å²) in [5, 5.41) is 10.2. The molecule has 1 aliphatic carbocycles. The molecule has 2 aromatic rings. The van der Waals surface area contributed by atoms with Gasteiger partial charge in [-0.3, -0.25) is 0 Å². The van der Waals surface area contributed by atoms with Crippen molar-refractivity contribution in [2.45, 2.75) is 54.8 Å². The van der Waals surface area contributed by atoms with E-state index in [1.165, 1.54) is 24.3 Å². The van der Waals surface area contributed by atoms with Crippen molar-refractivity contribution in [3.63, 3.8) is 0 Å². The summed E-state index contributed by atoms with van der Waals surface area (Å²) < 4.78 is 62.1. The van der Waals surface area contributed by atoms with Crippen molar-refractivity contribution in [1.82, 2.24) is 0 Å². The Morgan fingerprint density at radius 1 is 1.19 bits per heavy atom. The molecule has 1 fully saturated rings. The van der Waals surface area contributed by atoms with Crippen molar-refractivity contribution < 1.29 is 27.0 Å². The summed E-state index contributed by atoms with van der Waals surface area (Å²) in [6, 6.07) is 7.72. The van der Waals surface area contributed by atoms with Crippen LogP contribution in [0.25, 0.3) is 0 Å². The number of fused-ring (bicyclic) bond motifs is 3. The summed E-state index contributed by atoms with van der Waals surface area (Å²) in [4.78, 5) is 0.0228. The summed E-state index contributed by atoms with van der Waals surface area (Å²) in [6.45, 7) is 1.66. The Balaban J connectivity index is 1.95. The maximum Gasteiger partial charge on any atom is 0.188 e. The molecule has 0 radical (unpaired) electrons. The molecule has 0 bridgehead atoms. The van der Waals surface area contributed by atoms with Crippen LogP contribution in [0.5, 0.6) is 5.75 Å². The topological polar surface area (TPSA) is 63.6 Å². The van der Waals surface area contributed by atoms with E-state index in [1.54, 1.807) is 6.92 Å². The maximum absolute atomic E-state index is 15.2. The highest BCUT2D eigenvalue weighted by Crippen LogP contribution is 2.58. The lowest BCUT2D eigenvalue weighted by molar-refractivity contribution is 0.0616. The summed E-state index contributed by atoms with van der Waals surface area (Å²) in [5.41, 5.74) is -0.208. The molecule has 31 heavy (non-hydrogen) atoms. The molecular weight excluding hydrogens is 446 g/mol. The van der Waals surface area contributed by atoms with Crippen LogP contribution in [0, 0.1) is 23.5 Å². The van der Waals surface area contributed by atoms with E-state index in [-0.39, 0.29) is 35.2 Å². The molecule has 1 heterocycles. The molecule has 0 aromatic heterocycles. The van der Waals surface area contributed by atoms with Crippen LogP contribution >= 0.6 is 11.6 Å². The zero-order chi connectivity index (χ0) is 22.4. The third-order valence-electron chi connectivity index (χ3n) is 6.74. The van der Waals surface area contributed by atoms with E-state index in [2.05, 4.69) is 0 Å². The number of aliphatic hydroxyl groups excluding tert-OH is 1. The number of benzene rings is 2. The number of hydrogen-bond acceptors (Lipinski definition) is 4. The van der Waals surface area contributed by atoms with Gasteiger partial charge >= 0.3 is 0 Å². The fraction of sp³-hybridized carbons (Fsp3) is 0.478. The van der Waals surface area contributed by atoms with Crippen molar-refractivity contribution in [2.24, 2.45) is 11.8 Å². The molecule has 168 valence electrons. The van der Waals surface area contributed by atoms with Crippen LogP contribution in [0.2, 0.25) is 5.02 Å². The van der Waals surface area contributed by atoms with Crippen LogP contribution < -0.4 is 4.74 Å². The number of sulfone groups is 1. The molecule has 0 spiro atoms. The average molecular weight is 471 g/mol. The molecular formula is C23H25ClF2O4S. The molecule has 0 amide bonds. The Labute approximate surface area is 186 Å². The molecule has 8 heteroatoms. The second-order valence-electron chi connectivity index (χ2n) is 8.58. The third kappa shape index (κ3) is 3.64. The number of aliphatic hydroxyl groups is 1. The number of rotatable bonds is 5. The predicted octanol–water partition coefficient (Wildman–Crippen LogP) is 5.26. The quantitative estimate of drug-likeness (QED) is 0.647. The highest BCUT2D eigenvalue weighted by molar-refractivity contribution is 7.92. The first-order valence-corrected chi connectivity index (χ1v) is 12.3. The van der Waals surface area contributed by atoms with E-state index in [1.807, 2.05) is 0 Å². The van der Waals surface area contributed by atoms with Gasteiger partial charge in [-0.1, -0.05) is 18.0 Å². The first-order valence-electron chi connectivity index (χ1n) is 10.5. The van der Waals surface area contributed by atoms with Crippen molar-refractivity contribution in [2.75, 3.05) is 6.61 Å². The average Bonchev–Trinajstić information content (AvgIpc) is 2.74. The minimum absolute atomic E-state index is 0.0228. The summed E-state index contributed by atoms with van der Waals surface area (Å²) in [5.74, 6) is -2.54. The monoisotopic (exact) mass is 470 g/mol. The minimum Gasteiger partial charge on any atom is -0.490 e. The fourth-order valence-electron chi connectivity index (χ4n) is 5.31. The summed E-state index contributed by atoms with van der Waals surface area (Å²) in [7, 11) is -4.13. The van der Waals surface area contributed by atoms with Crippen LogP contribution in [0.1, 0.15) is 44.6 Å². The SMILES string of the molecule is CC(O)CC[C@@H]1CCC[C@@]2(S(=O)(=O)c3ccc(Cl)cc3)c3c(F)ccc(F)c3OC[C@@H]12. The Morgan fingerprint density at radius 3 is 2.55 bits per heavy atom. The van der Waals surface area contributed by atoms with Crippen LogP contribution in [-0.2, 0) is 14.6 Å². The first kappa shape index (κ1) is 22.5. The van der Waals surface area contributed by atoms with Crippen LogP contribution in [-0.4, -0.2) is 26.2 Å². The highest BCUT2D eigenvalue weighted by Gasteiger charge is 2.60. The zero-order valence-corrected chi connectivity index (χ0v) is 18.7. The molecule has 4 rings (SSSR count). The van der Waals surface area contributed by atoms with Crippen molar-refractivity contribution >= 4 is 21.4 Å². The largest absolute Gasteiger partial charge is 0.490 e. The smallest absolute Gasteiger partial charge is 0.188 e. The molecule has 4 nitrogen and oxygen atoms in total. The summed E-state index contributed by atoms with van der Waals surface area (Å²) in [6.07, 6.45) is 2.00. The van der Waals surface area contributed by atoms with E-state index in [4.69, 9.17) is 16.3 Å². The van der Waals surface area contributed by atoms with E-state index < -0.39 is 38.2 Å². The minimum atomic E-state index is -4.13. The molecule has 1 N–H and O–H groups in total. The highest BCUT2D eigenvalue weighted by atomic mass is 35.5. The first-order chi connectivity index (χ1) is 14.7. The van der Waals surface area contributed by atoms with Crippen LogP contribution in [0.15, 0.2) is 41.3 Å². The fourth-order valence-corrected chi connectivity index (χ4v) is 7.88. The van der Waals surface area contributed by atoms with Gasteiger partial charge in [0, 0.05) is 10.9 Å². The van der Waals surface area contributed by atoms with E-state index in [0.29, 0.717) is 24.3 Å². The predicted molar refractivity (Wildman–Crippen MR) is 114 cm³/mol. The lowest BCUT2D eigenvalue weighted by Crippen LogP contribution is -2.54. The molecule has 1 saturated carbocycles. The maximum atomic E-state index is 15.2. The van der Waals surface area contributed by atoms with Crippen molar-refractivity contribution in [3.05, 3.63) is 58.6 Å². The number of halogens is 3. The Kier molecular flexibility index (Phi) is 6.05. The van der Waals surface area contributed by atoms with Gasteiger partial charge in [0.1, 0.15) is 10.6 Å². The van der Waals surface area contributed by atoms with Gasteiger partial charge in [0.05, 0.1) is 23.2 Å². The van der Waals surface area contributed by atoms with Crippen LogP contribution in [0.3, 0.4) is 0 Å². The van der Waals surface area contributed by atoms with Gasteiger partial charge in [-0.15, -0.1) is 0 Å². The molecule has 2 aromatic carbocycles. The van der Waals surface area contributed by atoms with Crippen molar-refractivity contribution in [1.29, 1.82) is 0 Å². The number of hydrogen-bond donors (Lipinski definition) is 1. The summed E-state index contributed by atoms with van der Waals surface area (Å²) >= 11 is 5.96. The van der Waals surface area contributed by atoms with Gasteiger partial charge in [0.25, 0.3) is 0 Å². The Hall–Kier alpha value is -1.70. The molecule has 0 saturated heterocycles. The second-order valence-corrected chi connectivity index (χ2v) is 11.2. The molecule has 1 unspecified atom stereocenters. The van der Waals surface area contributed by atoms with Gasteiger partial charge in [0.15, 0.2) is 21.4 Å². The zero-order valence-electron chi connectivity index (χ0n) is 17.2. The van der Waals surface area contributed by atoms with E-state index in [9.17, 15) is 17.9 Å². The Morgan fingerprint density at radius 2 is 1.87 bits per heavy atom. The van der Waals surface area contributed by atoms with Crippen molar-refractivity contribution in [3.8, 4) is 5.75 Å². The van der Waals surface area contributed by atoms with Gasteiger partial charge < -0.3 is 9.84 Å². The third-order valence-corrected chi connectivity index (χ3v) is 9.55. The van der Waals surface area contributed by atoms with Gasteiger partial charge in [-0.25, -0.2) is 17.2 Å². The normalized spacial score (nSPS) is 26.5. The Bertz CT molecular complexity index is 1070. The van der Waals surface area contributed by atoms with Gasteiger partial charge in [-0.05, 0) is 74.9 Å². The van der Waals surface area contributed by atoms with Gasteiger partial charge in [0.2, 0.25) is 0 Å². The van der Waals surface area contributed by atoms with E-state index >= 15 is 4.39 Å². The number of ether oxygens (including phenoxy) is 1.